The Balaban J connectivity index is 1.87. The zero-order valence-corrected chi connectivity index (χ0v) is 15.6. The number of sulfonamides is 1. The van der Waals surface area contributed by atoms with Crippen LogP contribution in [0.15, 0.2) is 57.0 Å². The number of aliphatic imine (C=N–C) groups is 1. The fourth-order valence-corrected chi connectivity index (χ4v) is 4.03. The monoisotopic (exact) mass is 375 g/mol. The second-order valence-corrected chi connectivity index (χ2v) is 8.16. The van der Waals surface area contributed by atoms with Gasteiger partial charge in [-0.05, 0) is 37.1 Å². The highest BCUT2D eigenvalue weighted by molar-refractivity contribution is 7.90. The van der Waals surface area contributed by atoms with Gasteiger partial charge in [-0.15, -0.1) is 0 Å². The van der Waals surface area contributed by atoms with E-state index in [1.165, 1.54) is 6.07 Å². The van der Waals surface area contributed by atoms with Crippen molar-refractivity contribution in [3.05, 3.63) is 54.0 Å². The lowest BCUT2D eigenvalue weighted by Gasteiger charge is -2.19. The van der Waals surface area contributed by atoms with Crippen molar-refractivity contribution in [2.45, 2.75) is 37.8 Å². The van der Waals surface area contributed by atoms with E-state index in [1.807, 2.05) is 20.8 Å². The molecule has 0 saturated heterocycles. The Labute approximate surface area is 152 Å². The minimum atomic E-state index is -3.64. The van der Waals surface area contributed by atoms with Crippen molar-refractivity contribution in [3.63, 3.8) is 0 Å². The normalized spacial score (nSPS) is 19.0. The van der Waals surface area contributed by atoms with Crippen LogP contribution in [-0.4, -0.2) is 26.2 Å². The topological polar surface area (TPSA) is 101 Å². The van der Waals surface area contributed by atoms with Crippen LogP contribution in [0, 0.1) is 5.92 Å². The number of nitrogens with zero attached hydrogens (tertiary/aromatic N) is 1. The lowest BCUT2D eigenvalue weighted by molar-refractivity contribution is -0.123. The zero-order valence-electron chi connectivity index (χ0n) is 14.8. The lowest BCUT2D eigenvalue weighted by Crippen LogP contribution is -2.39. The van der Waals surface area contributed by atoms with Crippen LogP contribution in [0.3, 0.4) is 0 Å². The van der Waals surface area contributed by atoms with Gasteiger partial charge in [0.1, 0.15) is 17.6 Å². The molecule has 2 aromatic rings. The van der Waals surface area contributed by atoms with Crippen LogP contribution in [0.2, 0.25) is 0 Å². The third kappa shape index (κ3) is 3.50. The van der Waals surface area contributed by atoms with Gasteiger partial charge in [-0.25, -0.2) is 8.42 Å². The van der Waals surface area contributed by atoms with Gasteiger partial charge in [-0.1, -0.05) is 26.0 Å². The molecule has 1 aromatic carbocycles. The maximum Gasteiger partial charge on any atom is 0.263 e. The molecule has 0 spiro atoms. The summed E-state index contributed by atoms with van der Waals surface area (Å²) in [5.41, 5.74) is 0.477. The largest absolute Gasteiger partial charge is 0.467 e. The first-order chi connectivity index (χ1) is 12.3. The van der Waals surface area contributed by atoms with Crippen LogP contribution in [0.4, 0.5) is 0 Å². The summed E-state index contributed by atoms with van der Waals surface area (Å²) in [5.74, 6) is 0.420. The number of fused-ring (bicyclic) bond motifs is 1. The van der Waals surface area contributed by atoms with Gasteiger partial charge in [0.2, 0.25) is 5.91 Å². The van der Waals surface area contributed by atoms with Crippen LogP contribution in [0.25, 0.3) is 0 Å². The molecule has 1 amide bonds. The van der Waals surface area contributed by atoms with Gasteiger partial charge in [0.05, 0.1) is 17.2 Å². The molecule has 7 nitrogen and oxygen atoms in total. The van der Waals surface area contributed by atoms with Crippen LogP contribution in [-0.2, 0) is 14.8 Å². The average molecular weight is 375 g/mol. The van der Waals surface area contributed by atoms with E-state index in [1.54, 1.807) is 36.6 Å². The first kappa shape index (κ1) is 18.2. The van der Waals surface area contributed by atoms with Gasteiger partial charge in [-0.3, -0.25) is 14.5 Å². The number of benzene rings is 1. The molecule has 0 saturated carbocycles. The third-order valence-electron chi connectivity index (χ3n) is 4.16. The fraction of sp³-hybridized carbons (Fsp3) is 0.333. The summed E-state index contributed by atoms with van der Waals surface area (Å²) in [6.07, 6.45) is 1.54. The molecule has 0 radical (unpaired) electrons. The maximum absolute atomic E-state index is 12.7. The Morgan fingerprint density at radius 3 is 2.54 bits per heavy atom. The summed E-state index contributed by atoms with van der Waals surface area (Å²) in [4.78, 5) is 17.3. The molecule has 1 aromatic heterocycles. The van der Waals surface area contributed by atoms with E-state index in [-0.39, 0.29) is 28.6 Å². The molecule has 26 heavy (non-hydrogen) atoms. The highest BCUT2D eigenvalue weighted by Crippen LogP contribution is 2.23. The molecule has 0 bridgehead atoms. The number of hydrogen-bond acceptors (Lipinski definition) is 5. The van der Waals surface area contributed by atoms with E-state index in [4.69, 9.17) is 4.42 Å². The molecule has 2 heterocycles. The highest BCUT2D eigenvalue weighted by Gasteiger charge is 2.33. The first-order valence-electron chi connectivity index (χ1n) is 8.33. The predicted octanol–water partition coefficient (Wildman–Crippen LogP) is 2.22. The van der Waals surface area contributed by atoms with E-state index in [2.05, 4.69) is 15.0 Å². The minimum Gasteiger partial charge on any atom is -0.467 e. The van der Waals surface area contributed by atoms with Crippen molar-refractivity contribution >= 4 is 21.8 Å². The van der Waals surface area contributed by atoms with Crippen molar-refractivity contribution in [3.8, 4) is 0 Å². The van der Waals surface area contributed by atoms with Crippen molar-refractivity contribution < 1.29 is 17.6 Å². The van der Waals surface area contributed by atoms with E-state index in [9.17, 15) is 13.2 Å². The summed E-state index contributed by atoms with van der Waals surface area (Å²) in [7, 11) is -3.64. The number of carbonyl (C=O) groups excluding carboxylic acids is 1. The summed E-state index contributed by atoms with van der Waals surface area (Å²) in [5, 5.41) is 2.87. The third-order valence-corrected chi connectivity index (χ3v) is 5.56. The maximum atomic E-state index is 12.7. The highest BCUT2D eigenvalue weighted by atomic mass is 32.2. The summed E-state index contributed by atoms with van der Waals surface area (Å²) < 4.78 is 32.2. The molecule has 138 valence electrons. The fourth-order valence-electron chi connectivity index (χ4n) is 2.79. The number of furan rings is 1. The molecule has 3 rings (SSSR count). The second kappa shape index (κ2) is 6.95. The Morgan fingerprint density at radius 1 is 1.15 bits per heavy atom. The first-order valence-corrected chi connectivity index (χ1v) is 9.81. The number of amides is 1. The molecule has 0 aliphatic carbocycles. The van der Waals surface area contributed by atoms with Crippen molar-refractivity contribution in [1.82, 2.24) is 10.0 Å². The minimum absolute atomic E-state index is 0.122. The number of amidine groups is 1. The number of hydrogen-bond donors (Lipinski definition) is 2. The lowest BCUT2D eigenvalue weighted by atomic mass is 10.0. The second-order valence-electron chi connectivity index (χ2n) is 6.51. The molecule has 0 fully saturated rings. The van der Waals surface area contributed by atoms with Gasteiger partial charge in [-0.2, -0.15) is 0 Å². The summed E-state index contributed by atoms with van der Waals surface area (Å²) >= 11 is 0. The van der Waals surface area contributed by atoms with E-state index in [0.29, 0.717) is 11.3 Å². The summed E-state index contributed by atoms with van der Waals surface area (Å²) in [6, 6.07) is 9.06. The molecule has 8 heteroatoms. The van der Waals surface area contributed by atoms with Gasteiger partial charge in [0, 0.05) is 5.56 Å². The van der Waals surface area contributed by atoms with E-state index >= 15 is 0 Å². The van der Waals surface area contributed by atoms with Crippen LogP contribution in [0.5, 0.6) is 0 Å². The van der Waals surface area contributed by atoms with Crippen molar-refractivity contribution in [2.75, 3.05) is 0 Å². The molecular formula is C18H21N3O4S. The van der Waals surface area contributed by atoms with E-state index in [0.717, 1.165) is 0 Å². The SMILES string of the molecule is CC(NC(=O)[C@@H](N=C1NS(=O)(=O)c2ccccc21)C(C)C)c1ccco1. The van der Waals surface area contributed by atoms with E-state index < -0.39 is 16.1 Å². The number of rotatable bonds is 5. The molecule has 1 unspecified atom stereocenters. The predicted molar refractivity (Wildman–Crippen MR) is 97.2 cm³/mol. The molecule has 2 N–H and O–H groups in total. The van der Waals surface area contributed by atoms with Crippen molar-refractivity contribution in [1.29, 1.82) is 0 Å². The van der Waals surface area contributed by atoms with Crippen LogP contribution >= 0.6 is 0 Å². The Hall–Kier alpha value is -2.61. The van der Waals surface area contributed by atoms with Crippen molar-refractivity contribution in [2.24, 2.45) is 10.9 Å². The smallest absolute Gasteiger partial charge is 0.263 e. The Kier molecular flexibility index (Phi) is 4.86. The molecule has 1 aliphatic heterocycles. The zero-order chi connectivity index (χ0) is 18.9. The molecule has 2 atom stereocenters. The Bertz CT molecular complexity index is 933. The van der Waals surface area contributed by atoms with Crippen LogP contribution in [0.1, 0.15) is 38.1 Å². The summed E-state index contributed by atoms with van der Waals surface area (Å²) in [6.45, 7) is 5.54. The number of carbonyl (C=O) groups is 1. The van der Waals surface area contributed by atoms with Gasteiger partial charge in [0.25, 0.3) is 10.0 Å². The number of nitrogens with one attached hydrogen (secondary N) is 2. The van der Waals surface area contributed by atoms with Gasteiger partial charge < -0.3 is 9.73 Å². The Morgan fingerprint density at radius 2 is 1.88 bits per heavy atom. The standard InChI is InChI=1S/C18H21N3O4S/c1-11(2)16(18(22)19-12(3)14-8-6-10-25-14)20-17-13-7-4-5-9-15(13)26(23,24)21-17/h4-12,16H,1-3H3,(H,19,22)(H,20,21)/t12?,16-/m0/s1. The van der Waals surface area contributed by atoms with Gasteiger partial charge >= 0.3 is 0 Å². The molecular weight excluding hydrogens is 354 g/mol. The molecule has 1 aliphatic rings. The van der Waals surface area contributed by atoms with Crippen LogP contribution < -0.4 is 10.0 Å². The quantitative estimate of drug-likeness (QED) is 0.837. The van der Waals surface area contributed by atoms with Gasteiger partial charge in [0.15, 0.2) is 0 Å². The average Bonchev–Trinajstić information content (AvgIpc) is 3.20.